The first-order valence-corrected chi connectivity index (χ1v) is 15.6. The molecule has 0 bridgehead atoms. The maximum Gasteiger partial charge on any atom is 0.310 e. The van der Waals surface area contributed by atoms with Crippen LogP contribution in [0.2, 0.25) is 5.02 Å². The first-order chi connectivity index (χ1) is 20.7. The van der Waals surface area contributed by atoms with Gasteiger partial charge in [-0.05, 0) is 80.4 Å². The molecular weight excluding hydrogens is 596 g/mol. The highest BCUT2D eigenvalue weighted by atomic mass is 35.5. The Kier molecular flexibility index (Phi) is 7.75. The third kappa shape index (κ3) is 5.37. The van der Waals surface area contributed by atoms with Crippen LogP contribution in [0.25, 0.3) is 0 Å². The number of halogens is 3. The molecule has 240 valence electrons. The van der Waals surface area contributed by atoms with E-state index in [9.17, 15) is 28.3 Å². The number of nitrogens with zero attached hydrogens (tertiary/aromatic N) is 3. The van der Waals surface area contributed by atoms with Crippen molar-refractivity contribution in [3.05, 3.63) is 39.7 Å². The lowest BCUT2D eigenvalue weighted by atomic mass is 9.66. The molecule has 44 heavy (non-hydrogen) atoms. The summed E-state index contributed by atoms with van der Waals surface area (Å²) in [5.74, 6) is 4.64. The molecule has 2 aliphatic heterocycles. The van der Waals surface area contributed by atoms with Gasteiger partial charge in [0.1, 0.15) is 18.1 Å². The zero-order valence-electron chi connectivity index (χ0n) is 25.0. The summed E-state index contributed by atoms with van der Waals surface area (Å²) in [6.07, 6.45) is 1.79. The highest BCUT2D eigenvalue weighted by Crippen LogP contribution is 2.59. The first-order valence-electron chi connectivity index (χ1n) is 15.3. The lowest BCUT2D eigenvalue weighted by molar-refractivity contribution is -0.163. The van der Waals surface area contributed by atoms with Gasteiger partial charge >= 0.3 is 5.97 Å². The Bertz CT molecular complexity index is 1410. The quantitative estimate of drug-likeness (QED) is 0.276. The first kappa shape index (κ1) is 30.9. The molecule has 6 rings (SSSR count). The summed E-state index contributed by atoms with van der Waals surface area (Å²) in [6, 6.07) is 2.60. The Morgan fingerprint density at radius 3 is 2.59 bits per heavy atom. The number of hydrazine groups is 1. The maximum atomic E-state index is 14.5. The fourth-order valence-electron chi connectivity index (χ4n) is 7.89. The Morgan fingerprint density at radius 2 is 1.98 bits per heavy atom. The van der Waals surface area contributed by atoms with Crippen LogP contribution in [0.5, 0.6) is 5.75 Å². The van der Waals surface area contributed by atoms with E-state index >= 15 is 0 Å². The fourth-order valence-corrected chi connectivity index (χ4v) is 8.15. The van der Waals surface area contributed by atoms with Crippen LogP contribution in [-0.2, 0) is 20.8 Å². The van der Waals surface area contributed by atoms with Crippen molar-refractivity contribution < 1.29 is 33.0 Å². The van der Waals surface area contributed by atoms with Gasteiger partial charge in [-0.3, -0.25) is 14.4 Å². The molecule has 13 heteroatoms. The Balaban J connectivity index is 1.38. The standard InChI is InChI=1S/C31H40ClF2N5O5/c1-30(29(42)43)11-17-9-16(17)10-19(30)28(41)39-8-5-18-20(32)3-4-23(44-14-21(35)26(27(33)34)37(2)36)25(18)22(39)13-38-15-31(6-7-31)12-24(38)40/h3-4,16-17,19,22,27H,5-15,35-36H2,1-2H3,(H,42,43)/b26-21-/t16?,17-,19-,22+,30-/m0/s1. The molecule has 3 saturated carbocycles. The summed E-state index contributed by atoms with van der Waals surface area (Å²) in [4.78, 5) is 43.8. The third-order valence-electron chi connectivity index (χ3n) is 10.8. The van der Waals surface area contributed by atoms with Gasteiger partial charge in [-0.2, -0.15) is 0 Å². The highest BCUT2D eigenvalue weighted by Gasteiger charge is 2.59. The molecule has 5 N–H and O–H groups in total. The van der Waals surface area contributed by atoms with Crippen molar-refractivity contribution in [2.24, 2.45) is 40.2 Å². The lowest BCUT2D eigenvalue weighted by Crippen LogP contribution is -2.53. The average molecular weight is 636 g/mol. The summed E-state index contributed by atoms with van der Waals surface area (Å²) < 4.78 is 33.4. The number of hydrogen-bond acceptors (Lipinski definition) is 7. The molecule has 1 aromatic rings. The van der Waals surface area contributed by atoms with Crippen molar-refractivity contribution in [3.63, 3.8) is 0 Å². The predicted molar refractivity (Wildman–Crippen MR) is 157 cm³/mol. The summed E-state index contributed by atoms with van der Waals surface area (Å²) in [5.41, 5.74) is 5.30. The van der Waals surface area contributed by atoms with E-state index in [0.717, 1.165) is 29.8 Å². The average Bonchev–Trinajstić information content (AvgIpc) is 3.86. The number of fused-ring (bicyclic) bond motifs is 2. The minimum Gasteiger partial charge on any atom is -0.487 e. The van der Waals surface area contributed by atoms with Crippen molar-refractivity contribution in [1.82, 2.24) is 14.8 Å². The highest BCUT2D eigenvalue weighted by molar-refractivity contribution is 6.31. The van der Waals surface area contributed by atoms with Crippen LogP contribution >= 0.6 is 11.6 Å². The number of nitrogens with two attached hydrogens (primary N) is 2. The number of ether oxygens (including phenoxy) is 1. The monoisotopic (exact) mass is 635 g/mol. The Hall–Kier alpha value is -3.12. The van der Waals surface area contributed by atoms with Gasteiger partial charge in [0.25, 0.3) is 6.43 Å². The molecule has 0 aromatic heterocycles. The van der Waals surface area contributed by atoms with Crippen LogP contribution in [-0.4, -0.2) is 77.4 Å². The number of carboxylic acids is 1. The summed E-state index contributed by atoms with van der Waals surface area (Å²) >= 11 is 6.69. The molecule has 5 atom stereocenters. The van der Waals surface area contributed by atoms with Crippen LogP contribution in [0.4, 0.5) is 8.78 Å². The van der Waals surface area contributed by atoms with Gasteiger partial charge in [0.05, 0.1) is 23.1 Å². The Morgan fingerprint density at radius 1 is 1.25 bits per heavy atom. The molecule has 4 fully saturated rings. The molecular formula is C31H40ClF2N5O5. The maximum absolute atomic E-state index is 14.5. The largest absolute Gasteiger partial charge is 0.487 e. The molecule has 2 heterocycles. The summed E-state index contributed by atoms with van der Waals surface area (Å²) in [6.45, 7) is 2.35. The van der Waals surface area contributed by atoms with E-state index in [4.69, 9.17) is 27.9 Å². The van der Waals surface area contributed by atoms with E-state index in [0.29, 0.717) is 66.9 Å². The van der Waals surface area contributed by atoms with Crippen LogP contribution < -0.4 is 16.3 Å². The molecule has 1 unspecified atom stereocenters. The van der Waals surface area contributed by atoms with Gasteiger partial charge in [-0.15, -0.1) is 0 Å². The topological polar surface area (TPSA) is 142 Å². The number of likely N-dealkylation sites (tertiary alicyclic amines) is 1. The van der Waals surface area contributed by atoms with Gasteiger partial charge in [0.15, 0.2) is 0 Å². The van der Waals surface area contributed by atoms with Gasteiger partial charge < -0.3 is 30.4 Å². The second-order valence-electron chi connectivity index (χ2n) is 13.8. The Labute approximate surface area is 260 Å². The van der Waals surface area contributed by atoms with E-state index in [-0.39, 0.29) is 29.5 Å². The normalized spacial score (nSPS) is 30.6. The predicted octanol–water partition coefficient (Wildman–Crippen LogP) is 3.54. The number of aliphatic carboxylic acids is 1. The van der Waals surface area contributed by atoms with Gasteiger partial charge in [0.2, 0.25) is 11.8 Å². The molecule has 3 aliphatic carbocycles. The zero-order valence-corrected chi connectivity index (χ0v) is 25.8. The minimum atomic E-state index is -2.92. The smallest absolute Gasteiger partial charge is 0.310 e. The van der Waals surface area contributed by atoms with Crippen molar-refractivity contribution in [3.8, 4) is 5.75 Å². The number of allylic oxidation sites excluding steroid dienone is 1. The molecule has 1 aromatic carbocycles. The van der Waals surface area contributed by atoms with Crippen molar-refractivity contribution in [2.75, 3.05) is 33.3 Å². The molecule has 0 radical (unpaired) electrons. The number of carbonyl (C=O) groups is 3. The van der Waals surface area contributed by atoms with E-state index in [1.165, 1.54) is 7.05 Å². The number of alkyl halides is 2. The second-order valence-corrected chi connectivity index (χ2v) is 14.2. The number of carbonyl (C=O) groups excluding carboxylic acids is 2. The number of carboxylic acid groups (broad SMARTS) is 1. The van der Waals surface area contributed by atoms with Crippen LogP contribution in [0.1, 0.15) is 62.6 Å². The summed E-state index contributed by atoms with van der Waals surface area (Å²) in [5, 5.41) is 11.5. The summed E-state index contributed by atoms with van der Waals surface area (Å²) in [7, 11) is 1.26. The lowest BCUT2D eigenvalue weighted by Gasteiger charge is -2.45. The van der Waals surface area contributed by atoms with E-state index in [2.05, 4.69) is 0 Å². The third-order valence-corrected chi connectivity index (χ3v) is 11.1. The number of rotatable bonds is 9. The molecule has 5 aliphatic rings. The number of amides is 2. The van der Waals surface area contributed by atoms with Gasteiger partial charge in [-0.1, -0.05) is 11.6 Å². The molecule has 1 spiro atoms. The molecule has 2 amide bonds. The van der Waals surface area contributed by atoms with Gasteiger partial charge in [0, 0.05) is 43.7 Å². The van der Waals surface area contributed by atoms with Gasteiger partial charge in [-0.25, -0.2) is 14.6 Å². The van der Waals surface area contributed by atoms with E-state index in [1.54, 1.807) is 28.9 Å². The second kappa shape index (κ2) is 11.0. The van der Waals surface area contributed by atoms with Crippen LogP contribution in [0, 0.1) is 28.6 Å². The van der Waals surface area contributed by atoms with Crippen molar-refractivity contribution >= 4 is 29.4 Å². The molecule has 10 nitrogen and oxygen atoms in total. The van der Waals surface area contributed by atoms with E-state index < -0.39 is 42.1 Å². The number of hydrogen-bond donors (Lipinski definition) is 3. The van der Waals surface area contributed by atoms with Crippen LogP contribution in [0.15, 0.2) is 23.5 Å². The SMILES string of the molecule is CN(N)/C(=C(\N)COc1ccc(Cl)c2c1[C@@H](CN1CC3(CC3)CC1=O)N(C(=O)[C@@H]1CC3C[C@H]3C[C@]1(C)C(=O)O)CC2)C(F)F. The zero-order chi connectivity index (χ0) is 31.7. The van der Waals surface area contributed by atoms with Crippen LogP contribution in [0.3, 0.4) is 0 Å². The van der Waals surface area contributed by atoms with Crippen molar-refractivity contribution in [1.29, 1.82) is 0 Å². The molecule has 1 saturated heterocycles. The fraction of sp³-hybridized carbons (Fsp3) is 0.645. The number of benzene rings is 1. The van der Waals surface area contributed by atoms with Crippen molar-refractivity contribution in [2.45, 2.75) is 64.3 Å². The minimum absolute atomic E-state index is 0.0114. The van der Waals surface area contributed by atoms with E-state index in [1.807, 2.05) is 0 Å².